The highest BCUT2D eigenvalue weighted by Gasteiger charge is 2.57. The van der Waals surface area contributed by atoms with Gasteiger partial charge >= 0.3 is 12.1 Å². The van der Waals surface area contributed by atoms with E-state index in [1.54, 1.807) is 17.3 Å². The van der Waals surface area contributed by atoms with Crippen molar-refractivity contribution in [3.05, 3.63) is 64.4 Å². The molecule has 2 aromatic rings. The van der Waals surface area contributed by atoms with Gasteiger partial charge in [-0.1, -0.05) is 30.3 Å². The molecule has 2 aliphatic rings. The van der Waals surface area contributed by atoms with Gasteiger partial charge in [0.05, 0.1) is 5.60 Å². The second kappa shape index (κ2) is 8.35. The fraction of sp³-hybridized carbons (Fsp3) is 0.409. The minimum Gasteiger partial charge on any atom is -0.480 e. The topological polar surface area (TPSA) is 89.0 Å². The van der Waals surface area contributed by atoms with Crippen LogP contribution < -0.4 is 0 Å². The largest absolute Gasteiger partial charge is 0.480 e. The molecule has 1 unspecified atom stereocenters. The van der Waals surface area contributed by atoms with Crippen molar-refractivity contribution in [3.8, 4) is 0 Å². The van der Waals surface area contributed by atoms with E-state index in [1.807, 2.05) is 36.4 Å². The number of benzene rings is 1. The van der Waals surface area contributed by atoms with Crippen LogP contribution in [0.15, 0.2) is 53.3 Å². The van der Waals surface area contributed by atoms with E-state index in [2.05, 4.69) is 20.9 Å². The Labute approximate surface area is 183 Å². The molecule has 8 heteroatoms. The third-order valence-corrected chi connectivity index (χ3v) is 6.60. The third kappa shape index (κ3) is 4.20. The summed E-state index contributed by atoms with van der Waals surface area (Å²) < 4.78 is 12.2. The molecule has 1 atom stereocenters. The van der Waals surface area contributed by atoms with Crippen LogP contribution in [0.3, 0.4) is 0 Å². The van der Waals surface area contributed by atoms with Crippen LogP contribution in [0.5, 0.6) is 0 Å². The Balaban J connectivity index is 1.41. The first-order valence-corrected chi connectivity index (χ1v) is 10.6. The molecular weight excluding hydrogens is 452 g/mol. The van der Waals surface area contributed by atoms with E-state index in [9.17, 15) is 9.59 Å². The molecule has 1 aromatic carbocycles. The number of carboxylic acids is 1. The van der Waals surface area contributed by atoms with Crippen LogP contribution in [0.2, 0.25) is 0 Å². The Morgan fingerprint density at radius 1 is 1.17 bits per heavy atom. The van der Waals surface area contributed by atoms with Gasteiger partial charge in [0.15, 0.2) is 0 Å². The van der Waals surface area contributed by atoms with Gasteiger partial charge in [0.2, 0.25) is 0 Å². The molecule has 1 saturated carbocycles. The summed E-state index contributed by atoms with van der Waals surface area (Å²) in [5, 5.41) is 9.16. The van der Waals surface area contributed by atoms with Crippen molar-refractivity contribution in [3.63, 3.8) is 0 Å². The maximum atomic E-state index is 12.4. The maximum Gasteiger partial charge on any atom is 0.410 e. The highest BCUT2D eigenvalue weighted by atomic mass is 79.9. The van der Waals surface area contributed by atoms with Crippen LogP contribution in [0.25, 0.3) is 0 Å². The summed E-state index contributed by atoms with van der Waals surface area (Å²) >= 11 is 3.53. The molecule has 2 heterocycles. The number of carbonyl (C=O) groups is 2. The number of hydrogen-bond acceptors (Lipinski definition) is 5. The zero-order valence-corrected chi connectivity index (χ0v) is 18.0. The summed E-state index contributed by atoms with van der Waals surface area (Å²) in [6.45, 7) is 1.05. The number of halogens is 1. The number of nitrogens with zero attached hydrogens (tertiary/aromatic N) is 2. The first-order chi connectivity index (χ1) is 14.4. The molecule has 30 heavy (non-hydrogen) atoms. The lowest BCUT2D eigenvalue weighted by Gasteiger charge is -2.48. The summed E-state index contributed by atoms with van der Waals surface area (Å²) in [5.74, 6) is -1.000. The molecule has 0 bridgehead atoms. The van der Waals surface area contributed by atoms with Crippen LogP contribution in [0.4, 0.5) is 4.79 Å². The van der Waals surface area contributed by atoms with E-state index in [0.717, 1.165) is 22.0 Å². The number of likely N-dealkylation sites (tertiary alicyclic amines) is 1. The molecule has 1 spiro atoms. The van der Waals surface area contributed by atoms with Gasteiger partial charge in [0.25, 0.3) is 0 Å². The van der Waals surface area contributed by atoms with E-state index >= 15 is 0 Å². The smallest absolute Gasteiger partial charge is 0.410 e. The number of hydrogen-bond donors (Lipinski definition) is 1. The van der Waals surface area contributed by atoms with E-state index in [4.69, 9.17) is 14.6 Å². The molecule has 0 radical (unpaired) electrons. The number of carbonyl (C=O) groups excluding carboxylic acids is 1. The summed E-state index contributed by atoms with van der Waals surface area (Å²) in [6.07, 6.45) is 5.25. The van der Waals surface area contributed by atoms with Crippen LogP contribution in [0.1, 0.15) is 30.4 Å². The standard InChI is InChI=1S/C22H23BrN2O5/c23-18-10-24-9-6-17(18)22(30-12-19(26)27)8-7-21(13-22)14-25(15-21)20(28)29-11-16-4-2-1-3-5-16/h1-6,9-10H,7-8,11-15H2,(H,26,27). The Morgan fingerprint density at radius 2 is 1.93 bits per heavy atom. The fourth-order valence-electron chi connectivity index (χ4n) is 4.60. The van der Waals surface area contributed by atoms with Gasteiger partial charge in [-0.2, -0.15) is 0 Å². The second-order valence-electron chi connectivity index (χ2n) is 8.11. The van der Waals surface area contributed by atoms with Gasteiger partial charge < -0.3 is 19.5 Å². The zero-order chi connectivity index (χ0) is 21.2. The summed E-state index contributed by atoms with van der Waals surface area (Å²) in [7, 11) is 0. The molecule has 1 aromatic heterocycles. The number of amides is 1. The fourth-order valence-corrected chi connectivity index (χ4v) is 5.21. The maximum absolute atomic E-state index is 12.4. The SMILES string of the molecule is O=C(O)COC1(c2ccncc2Br)CCC2(CN(C(=O)OCc3ccccc3)C2)C1. The molecule has 1 aliphatic carbocycles. The third-order valence-electron chi connectivity index (χ3n) is 5.97. The minimum atomic E-state index is -1.000. The molecule has 1 amide bonds. The van der Waals surface area contributed by atoms with Gasteiger partial charge in [-0.3, -0.25) is 4.98 Å². The van der Waals surface area contributed by atoms with Gasteiger partial charge in [-0.05, 0) is 46.8 Å². The number of aliphatic carboxylic acids is 1. The van der Waals surface area contributed by atoms with E-state index in [1.165, 1.54) is 0 Å². The van der Waals surface area contributed by atoms with E-state index in [-0.39, 0.29) is 24.7 Å². The average molecular weight is 475 g/mol. The molecule has 4 rings (SSSR count). The van der Waals surface area contributed by atoms with E-state index < -0.39 is 11.6 Å². The van der Waals surface area contributed by atoms with Crippen molar-refractivity contribution >= 4 is 28.0 Å². The lowest BCUT2D eigenvalue weighted by Crippen LogP contribution is -2.58. The highest BCUT2D eigenvalue weighted by Crippen LogP contribution is 2.56. The number of carboxylic acid groups (broad SMARTS) is 1. The Bertz CT molecular complexity index is 932. The van der Waals surface area contributed by atoms with Crippen molar-refractivity contribution in [1.82, 2.24) is 9.88 Å². The quantitative estimate of drug-likeness (QED) is 0.681. The lowest BCUT2D eigenvalue weighted by atomic mass is 9.76. The van der Waals surface area contributed by atoms with Crippen molar-refractivity contribution in [1.29, 1.82) is 0 Å². The number of rotatable bonds is 6. The predicted molar refractivity (Wildman–Crippen MR) is 112 cm³/mol. The molecule has 1 aliphatic heterocycles. The van der Waals surface area contributed by atoms with E-state index in [0.29, 0.717) is 25.9 Å². The van der Waals surface area contributed by atoms with Crippen molar-refractivity contribution < 1.29 is 24.2 Å². The Morgan fingerprint density at radius 3 is 2.63 bits per heavy atom. The predicted octanol–water partition coefficient (Wildman–Crippen LogP) is 3.96. The monoisotopic (exact) mass is 474 g/mol. The number of ether oxygens (including phenoxy) is 2. The number of pyridine rings is 1. The first kappa shape index (κ1) is 20.8. The molecule has 2 fully saturated rings. The van der Waals surface area contributed by atoms with Crippen LogP contribution in [-0.4, -0.2) is 46.7 Å². The lowest BCUT2D eigenvalue weighted by molar-refractivity contribution is -0.151. The summed E-state index contributed by atoms with van der Waals surface area (Å²) in [4.78, 5) is 29.4. The van der Waals surface area contributed by atoms with Gasteiger partial charge in [-0.15, -0.1) is 0 Å². The van der Waals surface area contributed by atoms with Gasteiger partial charge in [0, 0.05) is 40.9 Å². The zero-order valence-electron chi connectivity index (χ0n) is 16.4. The highest BCUT2D eigenvalue weighted by molar-refractivity contribution is 9.10. The number of aromatic nitrogens is 1. The van der Waals surface area contributed by atoms with Crippen LogP contribution >= 0.6 is 15.9 Å². The molecule has 1 saturated heterocycles. The van der Waals surface area contributed by atoms with Gasteiger partial charge in [0.1, 0.15) is 13.2 Å². The Kier molecular flexibility index (Phi) is 5.79. The van der Waals surface area contributed by atoms with Crippen molar-refractivity contribution in [2.24, 2.45) is 5.41 Å². The second-order valence-corrected chi connectivity index (χ2v) is 8.96. The van der Waals surface area contributed by atoms with Gasteiger partial charge in [-0.25, -0.2) is 9.59 Å². The molecular formula is C22H23BrN2O5. The average Bonchev–Trinajstić information content (AvgIpc) is 3.12. The Hall–Kier alpha value is -2.45. The summed E-state index contributed by atoms with van der Waals surface area (Å²) in [5.41, 5.74) is 1.05. The molecule has 1 N–H and O–H groups in total. The first-order valence-electron chi connectivity index (χ1n) is 9.83. The van der Waals surface area contributed by atoms with Crippen molar-refractivity contribution in [2.75, 3.05) is 19.7 Å². The molecule has 158 valence electrons. The van der Waals surface area contributed by atoms with Crippen molar-refractivity contribution in [2.45, 2.75) is 31.5 Å². The van der Waals surface area contributed by atoms with Crippen LogP contribution in [-0.2, 0) is 26.5 Å². The minimum absolute atomic E-state index is 0.0903. The normalized spacial score (nSPS) is 22.0. The molecule has 7 nitrogen and oxygen atoms in total. The van der Waals surface area contributed by atoms with Crippen LogP contribution in [0, 0.1) is 5.41 Å². The summed E-state index contributed by atoms with van der Waals surface area (Å²) in [6, 6.07) is 11.5.